The lowest BCUT2D eigenvalue weighted by molar-refractivity contribution is -0.137. The fourth-order valence-electron chi connectivity index (χ4n) is 3.44. The average Bonchev–Trinajstić information content (AvgIpc) is 2.72. The van der Waals surface area contributed by atoms with Crippen LogP contribution in [0.3, 0.4) is 0 Å². The van der Waals surface area contributed by atoms with Crippen molar-refractivity contribution in [1.29, 1.82) is 6.69 Å². The summed E-state index contributed by atoms with van der Waals surface area (Å²) in [6.07, 6.45) is -4.62. The first-order chi connectivity index (χ1) is 14.6. The average molecular weight is 417 g/mol. The minimum Gasteiger partial charge on any atom is -0.478 e. The molecule has 1 unspecified atom stereocenters. The predicted molar refractivity (Wildman–Crippen MR) is 101 cm³/mol. The highest BCUT2D eigenvalue weighted by Gasteiger charge is 2.38. The summed E-state index contributed by atoms with van der Waals surface area (Å²) < 4.78 is 46.4. The lowest BCUT2D eigenvalue weighted by Gasteiger charge is -2.35. The number of nitriles is 1. The van der Waals surface area contributed by atoms with Gasteiger partial charge in [-0.05, 0) is 55.3 Å². The molecule has 1 aliphatic heterocycles. The number of halogens is 3. The minimum atomic E-state index is -4.62. The number of carboxylic acids is 1. The van der Waals surface area contributed by atoms with Crippen LogP contribution < -0.4 is 10.2 Å². The van der Waals surface area contributed by atoms with E-state index in [1.54, 1.807) is 19.1 Å². The highest BCUT2D eigenvalue weighted by atomic mass is 19.4. The lowest BCUT2D eigenvalue weighted by Crippen LogP contribution is -2.48. The molecule has 0 saturated heterocycles. The number of anilines is 1. The molecule has 9 heteroatoms. The molecule has 2 amide bonds. The Balaban J connectivity index is 2.17. The van der Waals surface area contributed by atoms with Gasteiger partial charge in [-0.1, -0.05) is 12.1 Å². The molecule has 0 aromatic heterocycles. The van der Waals surface area contributed by atoms with Crippen LogP contribution in [0.4, 0.5) is 23.7 Å². The summed E-state index contributed by atoms with van der Waals surface area (Å²) in [7, 11) is 0. The number of nitrogens with one attached hydrogen (secondary N) is 1. The molecule has 2 N–H and O–H groups in total. The van der Waals surface area contributed by atoms with Gasteiger partial charge in [-0.15, -0.1) is 0 Å². The Morgan fingerprint density at radius 3 is 2.60 bits per heavy atom. The van der Waals surface area contributed by atoms with Crippen LogP contribution in [0.15, 0.2) is 53.7 Å². The third-order valence-electron chi connectivity index (χ3n) is 4.85. The molecule has 0 saturated carbocycles. The number of aliphatic carboxylic acids is 1. The Bertz CT molecular complexity index is 1140. The Labute approximate surface area is 171 Å². The van der Waals surface area contributed by atoms with Crippen molar-refractivity contribution in [1.82, 2.24) is 5.32 Å². The topological polar surface area (TPSA) is 93.4 Å². The summed E-state index contributed by atoms with van der Waals surface area (Å²) in [5.74, 6) is -1.07. The largest absolute Gasteiger partial charge is 0.478 e. The zero-order valence-corrected chi connectivity index (χ0v) is 15.9. The smallest absolute Gasteiger partial charge is 0.416 e. The first-order valence-corrected chi connectivity index (χ1v) is 8.75. The van der Waals surface area contributed by atoms with E-state index in [0.717, 1.165) is 23.1 Å². The molecule has 0 bridgehead atoms. The molecule has 30 heavy (non-hydrogen) atoms. The van der Waals surface area contributed by atoms with Crippen LogP contribution in [-0.2, 0) is 11.0 Å². The van der Waals surface area contributed by atoms with E-state index in [9.17, 15) is 22.8 Å². The van der Waals surface area contributed by atoms with Crippen LogP contribution in [0.2, 0.25) is 0 Å². The number of carbonyl (C=O) groups is 2. The van der Waals surface area contributed by atoms with Crippen molar-refractivity contribution < 1.29 is 27.9 Å². The summed E-state index contributed by atoms with van der Waals surface area (Å²) in [5, 5.41) is 15.8. The number of carbonyl (C=O) groups excluding carboxylic acids is 1. The SMILES string of the molecule is [3H]OC(=O)C1=C(C)N(c2cccc(C(F)(F)F)c2)C(=O)NC1c1ccc(C#N)cc1C. The summed E-state index contributed by atoms with van der Waals surface area (Å²) in [6, 6.07) is 8.96. The minimum absolute atomic E-state index is 0.0223. The van der Waals surface area contributed by atoms with Gasteiger partial charge in [0, 0.05) is 5.70 Å². The molecule has 154 valence electrons. The maximum absolute atomic E-state index is 13.1. The van der Waals surface area contributed by atoms with E-state index >= 15 is 0 Å². The Morgan fingerprint density at radius 2 is 2.00 bits per heavy atom. The van der Waals surface area contributed by atoms with Crippen molar-refractivity contribution in [3.63, 3.8) is 0 Å². The van der Waals surface area contributed by atoms with E-state index in [1.807, 2.05) is 6.07 Å². The number of amides is 2. The molecule has 3 rings (SSSR count). The van der Waals surface area contributed by atoms with Gasteiger partial charge in [-0.3, -0.25) is 4.90 Å². The molecular weight excluding hydrogens is 399 g/mol. The van der Waals surface area contributed by atoms with E-state index in [0.29, 0.717) is 16.7 Å². The van der Waals surface area contributed by atoms with Gasteiger partial charge in [0.25, 0.3) is 1.43 Å². The molecule has 1 atom stereocenters. The third kappa shape index (κ3) is 3.72. The van der Waals surface area contributed by atoms with Crippen LogP contribution in [0.25, 0.3) is 1.43 Å². The van der Waals surface area contributed by atoms with Gasteiger partial charge in [-0.2, -0.15) is 18.4 Å². The van der Waals surface area contributed by atoms with Crippen LogP contribution in [0, 0.1) is 18.3 Å². The van der Waals surface area contributed by atoms with Crippen molar-refractivity contribution in [3.05, 3.63) is 76.0 Å². The van der Waals surface area contributed by atoms with Crippen molar-refractivity contribution in [3.8, 4) is 6.07 Å². The van der Waals surface area contributed by atoms with Gasteiger partial charge in [-0.25, -0.2) is 9.59 Å². The van der Waals surface area contributed by atoms with Crippen molar-refractivity contribution in [2.75, 3.05) is 4.90 Å². The fourth-order valence-corrected chi connectivity index (χ4v) is 3.44. The van der Waals surface area contributed by atoms with Gasteiger partial charge < -0.3 is 10.4 Å². The fraction of sp³-hybridized carbons (Fsp3) is 0.190. The number of hydrogen-bond donors (Lipinski definition) is 2. The zero-order chi connectivity index (χ0) is 22.9. The van der Waals surface area contributed by atoms with Crippen molar-refractivity contribution >= 4 is 17.7 Å². The molecule has 0 spiro atoms. The second-order valence-electron chi connectivity index (χ2n) is 6.74. The number of aryl methyl sites for hydroxylation is 1. The predicted octanol–water partition coefficient (Wildman–Crippen LogP) is 4.52. The summed E-state index contributed by atoms with van der Waals surface area (Å²) >= 11 is 0. The molecule has 0 aliphatic carbocycles. The molecule has 2 aromatic rings. The number of rotatable bonds is 3. The van der Waals surface area contributed by atoms with Crippen LogP contribution in [-0.4, -0.2) is 17.1 Å². The molecular formula is C21H16F3N3O3. The molecule has 2 aromatic carbocycles. The summed E-state index contributed by atoms with van der Waals surface area (Å²) in [5.41, 5.74) is 0.305. The first-order valence-electron chi connectivity index (χ1n) is 9.16. The quantitative estimate of drug-likeness (QED) is 0.768. The lowest BCUT2D eigenvalue weighted by atomic mass is 9.91. The van der Waals surface area contributed by atoms with E-state index in [-0.39, 0.29) is 17.0 Å². The molecule has 0 radical (unpaired) electrons. The highest BCUT2D eigenvalue weighted by molar-refractivity contribution is 6.02. The summed E-state index contributed by atoms with van der Waals surface area (Å²) in [6.45, 7) is 3.07. The first kappa shape index (κ1) is 19.5. The second-order valence-corrected chi connectivity index (χ2v) is 6.74. The maximum Gasteiger partial charge on any atom is 0.416 e. The van der Waals surface area contributed by atoms with Gasteiger partial charge in [0.2, 0.25) is 0 Å². The second kappa shape index (κ2) is 7.55. The Hall–Kier alpha value is -3.80. The maximum atomic E-state index is 13.1. The standard InChI is InChI=1S/C21H16F3N3O3/c1-11-8-13(10-25)6-7-16(11)18-17(19(28)29)12(2)27(20(30)26-18)15-5-3-4-14(9-15)21(22,23)24/h3-9,18H,1-2H3,(H,26,30)(H,28,29)/i/hT. The number of nitrogens with zero attached hydrogens (tertiary/aromatic N) is 2. The van der Waals surface area contributed by atoms with E-state index in [4.69, 9.17) is 6.69 Å². The number of alkyl halides is 3. The number of allylic oxidation sites excluding steroid dienone is 1. The Morgan fingerprint density at radius 1 is 1.27 bits per heavy atom. The van der Waals surface area contributed by atoms with Gasteiger partial charge in [0.05, 0.1) is 34.5 Å². The van der Waals surface area contributed by atoms with Crippen LogP contribution in [0.5, 0.6) is 0 Å². The van der Waals surface area contributed by atoms with Gasteiger partial charge in [0.15, 0.2) is 0 Å². The molecule has 6 nitrogen and oxygen atoms in total. The number of benzene rings is 2. The van der Waals surface area contributed by atoms with Gasteiger partial charge >= 0.3 is 18.2 Å². The molecule has 1 heterocycles. The summed E-state index contributed by atoms with van der Waals surface area (Å²) in [4.78, 5) is 26.2. The van der Waals surface area contributed by atoms with Gasteiger partial charge in [0.1, 0.15) is 0 Å². The van der Waals surface area contributed by atoms with E-state index in [2.05, 4.69) is 10.4 Å². The molecule has 0 fully saturated rings. The van der Waals surface area contributed by atoms with Crippen molar-refractivity contribution in [2.45, 2.75) is 26.1 Å². The number of urea groups is 1. The normalized spacial score (nSPS) is 17.2. The van der Waals surface area contributed by atoms with Crippen LogP contribution >= 0.6 is 0 Å². The molecule has 1 aliphatic rings. The third-order valence-corrected chi connectivity index (χ3v) is 4.85. The Kier molecular flexibility index (Phi) is 4.91. The monoisotopic (exact) mass is 417 g/mol. The number of hydrogen-bond acceptors (Lipinski definition) is 4. The van der Waals surface area contributed by atoms with E-state index in [1.165, 1.54) is 19.1 Å². The van der Waals surface area contributed by atoms with E-state index < -0.39 is 29.8 Å². The number of carboxylic acid groups (broad SMARTS) is 1. The van der Waals surface area contributed by atoms with Crippen molar-refractivity contribution in [2.24, 2.45) is 0 Å². The highest BCUT2D eigenvalue weighted by Crippen LogP contribution is 2.37. The zero-order valence-electron chi connectivity index (χ0n) is 16.9. The van der Waals surface area contributed by atoms with Crippen LogP contribution in [0.1, 0.15) is 35.2 Å².